The molecule has 1 aromatic carbocycles. The Labute approximate surface area is 127 Å². The molecule has 0 aliphatic heterocycles. The minimum atomic E-state index is -0.624. The highest BCUT2D eigenvalue weighted by Gasteiger charge is 2.16. The van der Waals surface area contributed by atoms with Crippen molar-refractivity contribution in [2.24, 2.45) is 5.92 Å². The third-order valence-electron chi connectivity index (χ3n) is 2.71. The Morgan fingerprint density at radius 3 is 2.67 bits per heavy atom. The molecule has 1 atom stereocenters. The smallest absolute Gasteiger partial charge is 0.319 e. The van der Waals surface area contributed by atoms with E-state index in [1.54, 1.807) is 0 Å². The summed E-state index contributed by atoms with van der Waals surface area (Å²) in [5.74, 6) is 0.319. The highest BCUT2D eigenvalue weighted by atomic mass is 35.5. The zero-order valence-corrected chi connectivity index (χ0v) is 12.6. The molecule has 0 bridgehead atoms. The number of nitrogens with zero attached hydrogens (tertiary/aromatic N) is 1. The fourth-order valence-corrected chi connectivity index (χ4v) is 2.02. The number of anilines is 1. The van der Waals surface area contributed by atoms with Gasteiger partial charge in [-0.1, -0.05) is 25.4 Å². The van der Waals surface area contributed by atoms with Gasteiger partial charge < -0.3 is 15.7 Å². The van der Waals surface area contributed by atoms with Crippen molar-refractivity contribution in [3.63, 3.8) is 0 Å². The number of urea groups is 1. The first-order valence-corrected chi connectivity index (χ1v) is 6.83. The maximum atomic E-state index is 11.8. The Morgan fingerprint density at radius 1 is 1.48 bits per heavy atom. The molecule has 8 heteroatoms. The SMILES string of the molecule is CC(C)CC(CO)NC(=O)Nc1ccc(Cl)c([N+](=O)[O-])c1. The van der Waals surface area contributed by atoms with Crippen LogP contribution in [0.3, 0.4) is 0 Å². The lowest BCUT2D eigenvalue weighted by molar-refractivity contribution is -0.384. The van der Waals surface area contributed by atoms with Crippen LogP contribution in [0.4, 0.5) is 16.2 Å². The molecule has 0 aliphatic rings. The van der Waals surface area contributed by atoms with Gasteiger partial charge in [-0.05, 0) is 24.5 Å². The molecule has 7 nitrogen and oxygen atoms in total. The first-order chi connectivity index (χ1) is 9.83. The number of halogens is 1. The number of nitro benzene ring substituents is 1. The number of hydrogen-bond donors (Lipinski definition) is 3. The summed E-state index contributed by atoms with van der Waals surface area (Å²) in [7, 11) is 0. The fourth-order valence-electron chi connectivity index (χ4n) is 1.83. The molecule has 116 valence electrons. The van der Waals surface area contributed by atoms with Crippen LogP contribution in [0.2, 0.25) is 5.02 Å². The first-order valence-electron chi connectivity index (χ1n) is 6.45. The summed E-state index contributed by atoms with van der Waals surface area (Å²) in [6.07, 6.45) is 0.630. The number of aliphatic hydroxyl groups excluding tert-OH is 1. The molecule has 2 amide bonds. The average molecular weight is 316 g/mol. The van der Waals surface area contributed by atoms with Gasteiger partial charge in [0, 0.05) is 11.8 Å². The number of rotatable bonds is 6. The molecule has 1 aromatic rings. The van der Waals surface area contributed by atoms with Crippen molar-refractivity contribution >= 4 is 29.0 Å². The number of benzene rings is 1. The normalized spacial score (nSPS) is 12.0. The molecule has 0 radical (unpaired) electrons. The Hall–Kier alpha value is -1.86. The summed E-state index contributed by atoms with van der Waals surface area (Å²) in [5.41, 5.74) is -0.0276. The quantitative estimate of drug-likeness (QED) is 0.554. The number of nitro groups is 1. The van der Waals surface area contributed by atoms with Crippen LogP contribution in [0.25, 0.3) is 0 Å². The van der Waals surface area contributed by atoms with Gasteiger partial charge in [0.1, 0.15) is 5.02 Å². The molecule has 1 rings (SSSR count). The highest BCUT2D eigenvalue weighted by Crippen LogP contribution is 2.27. The van der Waals surface area contributed by atoms with E-state index < -0.39 is 11.0 Å². The van der Waals surface area contributed by atoms with Crippen LogP contribution in [0.5, 0.6) is 0 Å². The summed E-state index contributed by atoms with van der Waals surface area (Å²) in [5, 5.41) is 25.0. The second kappa shape index (κ2) is 7.80. The van der Waals surface area contributed by atoms with Gasteiger partial charge in [0.2, 0.25) is 0 Å². The summed E-state index contributed by atoms with van der Waals surface area (Å²) in [6.45, 7) is 3.78. The summed E-state index contributed by atoms with van der Waals surface area (Å²) in [6, 6.07) is 3.08. The maximum absolute atomic E-state index is 11.8. The topological polar surface area (TPSA) is 104 Å². The number of nitrogens with one attached hydrogen (secondary N) is 2. The van der Waals surface area contributed by atoms with E-state index in [0.717, 1.165) is 0 Å². The molecule has 0 spiro atoms. The molecule has 3 N–H and O–H groups in total. The lowest BCUT2D eigenvalue weighted by Gasteiger charge is -2.18. The van der Waals surface area contributed by atoms with E-state index in [2.05, 4.69) is 10.6 Å². The van der Waals surface area contributed by atoms with Crippen molar-refractivity contribution in [1.29, 1.82) is 0 Å². The minimum Gasteiger partial charge on any atom is -0.394 e. The molecule has 1 unspecified atom stereocenters. The summed E-state index contributed by atoms with van der Waals surface area (Å²) in [4.78, 5) is 21.9. The van der Waals surface area contributed by atoms with Gasteiger partial charge in [-0.15, -0.1) is 0 Å². The monoisotopic (exact) mass is 315 g/mol. The van der Waals surface area contributed by atoms with Gasteiger partial charge in [-0.25, -0.2) is 4.79 Å². The Morgan fingerprint density at radius 2 is 2.14 bits per heavy atom. The minimum absolute atomic E-state index is 0.000925. The second-order valence-electron chi connectivity index (χ2n) is 5.03. The molecule has 0 saturated carbocycles. The summed E-state index contributed by atoms with van der Waals surface area (Å²) < 4.78 is 0. The number of carbonyl (C=O) groups is 1. The van der Waals surface area contributed by atoms with E-state index in [0.29, 0.717) is 12.3 Å². The Bertz CT molecular complexity index is 522. The lowest BCUT2D eigenvalue weighted by Crippen LogP contribution is -2.40. The molecule has 0 saturated heterocycles. The van der Waals surface area contributed by atoms with Gasteiger partial charge >= 0.3 is 6.03 Å². The van der Waals surface area contributed by atoms with Crippen LogP contribution in [-0.2, 0) is 0 Å². The van der Waals surface area contributed by atoms with Crippen LogP contribution < -0.4 is 10.6 Å². The van der Waals surface area contributed by atoms with Gasteiger partial charge in [0.15, 0.2) is 0 Å². The predicted octanol–water partition coefficient (Wildman–Crippen LogP) is 2.78. The molecule has 0 aliphatic carbocycles. The maximum Gasteiger partial charge on any atom is 0.319 e. The predicted molar refractivity (Wildman–Crippen MR) is 80.6 cm³/mol. The van der Waals surface area contributed by atoms with Crippen molar-refractivity contribution in [2.75, 3.05) is 11.9 Å². The average Bonchev–Trinajstić information content (AvgIpc) is 2.39. The van der Waals surface area contributed by atoms with Gasteiger partial charge in [-0.3, -0.25) is 10.1 Å². The van der Waals surface area contributed by atoms with Crippen LogP contribution in [0.15, 0.2) is 18.2 Å². The lowest BCUT2D eigenvalue weighted by atomic mass is 10.0. The van der Waals surface area contributed by atoms with Crippen LogP contribution in [-0.4, -0.2) is 28.7 Å². The standard InChI is InChI=1S/C13H18ClN3O4/c1-8(2)5-10(7-18)16-13(19)15-9-3-4-11(14)12(6-9)17(20)21/h3-4,6,8,10,18H,5,7H2,1-2H3,(H2,15,16,19). The van der Waals surface area contributed by atoms with Crippen molar-refractivity contribution in [3.05, 3.63) is 33.3 Å². The largest absolute Gasteiger partial charge is 0.394 e. The number of aliphatic hydroxyl groups is 1. The van der Waals surface area contributed by atoms with Crippen LogP contribution in [0, 0.1) is 16.0 Å². The first kappa shape index (κ1) is 17.2. The third-order valence-corrected chi connectivity index (χ3v) is 3.03. The van der Waals surface area contributed by atoms with Gasteiger partial charge in [-0.2, -0.15) is 0 Å². The summed E-state index contributed by atoms with van der Waals surface area (Å²) >= 11 is 5.69. The molecule has 0 fully saturated rings. The molecule has 0 heterocycles. The van der Waals surface area contributed by atoms with Crippen LogP contribution >= 0.6 is 11.6 Å². The van der Waals surface area contributed by atoms with E-state index in [9.17, 15) is 20.0 Å². The van der Waals surface area contributed by atoms with E-state index in [1.165, 1.54) is 18.2 Å². The van der Waals surface area contributed by atoms with Crippen molar-refractivity contribution in [3.8, 4) is 0 Å². The number of hydrogen-bond acceptors (Lipinski definition) is 4. The van der Waals surface area contributed by atoms with E-state index in [4.69, 9.17) is 11.6 Å². The molecular weight excluding hydrogens is 298 g/mol. The Kier molecular flexibility index (Phi) is 6.39. The number of carbonyl (C=O) groups excluding carboxylic acids is 1. The third kappa shape index (κ3) is 5.57. The zero-order valence-electron chi connectivity index (χ0n) is 11.8. The van der Waals surface area contributed by atoms with E-state index in [-0.39, 0.29) is 29.0 Å². The zero-order chi connectivity index (χ0) is 16.0. The fraction of sp³-hybridized carbons (Fsp3) is 0.462. The number of amides is 2. The molecular formula is C13H18ClN3O4. The molecule has 21 heavy (non-hydrogen) atoms. The van der Waals surface area contributed by atoms with Crippen molar-refractivity contribution < 1.29 is 14.8 Å². The van der Waals surface area contributed by atoms with Gasteiger partial charge in [0.05, 0.1) is 17.6 Å². The van der Waals surface area contributed by atoms with E-state index in [1.807, 2.05) is 13.8 Å². The van der Waals surface area contributed by atoms with Crippen LogP contribution in [0.1, 0.15) is 20.3 Å². The van der Waals surface area contributed by atoms with Crippen molar-refractivity contribution in [1.82, 2.24) is 5.32 Å². The van der Waals surface area contributed by atoms with Gasteiger partial charge in [0.25, 0.3) is 5.69 Å². The Balaban J connectivity index is 2.70. The highest BCUT2D eigenvalue weighted by molar-refractivity contribution is 6.32. The van der Waals surface area contributed by atoms with E-state index >= 15 is 0 Å². The van der Waals surface area contributed by atoms with Crippen molar-refractivity contribution in [2.45, 2.75) is 26.3 Å². The second-order valence-corrected chi connectivity index (χ2v) is 5.44. The molecule has 0 aromatic heterocycles.